The summed E-state index contributed by atoms with van der Waals surface area (Å²) < 4.78 is 17.7. The van der Waals surface area contributed by atoms with Crippen LogP contribution in [0.5, 0.6) is 11.5 Å². The van der Waals surface area contributed by atoms with Crippen molar-refractivity contribution in [3.05, 3.63) is 52.0 Å². The van der Waals surface area contributed by atoms with E-state index in [2.05, 4.69) is 29.1 Å². The molecule has 1 aliphatic carbocycles. The highest BCUT2D eigenvalue weighted by Crippen LogP contribution is 2.55. The Morgan fingerprint density at radius 2 is 2.32 bits per heavy atom. The van der Waals surface area contributed by atoms with Crippen molar-refractivity contribution < 1.29 is 19.0 Å². The molecule has 0 saturated heterocycles. The van der Waals surface area contributed by atoms with E-state index in [1.807, 2.05) is 12.1 Å². The van der Waals surface area contributed by atoms with Gasteiger partial charge in [-0.3, -0.25) is 4.98 Å². The minimum Gasteiger partial charge on any atom is -0.493 e. The Kier molecular flexibility index (Phi) is 4.17. The lowest BCUT2D eigenvalue weighted by Gasteiger charge is -2.36. The lowest BCUT2D eigenvalue weighted by atomic mass is 9.69. The molecular weight excluding hydrogens is 376 g/mol. The van der Waals surface area contributed by atoms with Crippen molar-refractivity contribution in [2.75, 3.05) is 20.7 Å². The van der Waals surface area contributed by atoms with Crippen molar-refractivity contribution in [2.24, 2.45) is 0 Å². The maximum atomic E-state index is 12.3. The number of methoxy groups -OCH3 is 1. The normalized spacial score (nSPS) is 28.1. The average molecular weight is 398 g/mol. The fourth-order valence-electron chi connectivity index (χ4n) is 4.66. The highest BCUT2D eigenvalue weighted by molar-refractivity contribution is 7.11. The first-order chi connectivity index (χ1) is 13.6. The van der Waals surface area contributed by atoms with Crippen LogP contribution in [0.15, 0.2) is 36.0 Å². The van der Waals surface area contributed by atoms with E-state index >= 15 is 0 Å². The summed E-state index contributed by atoms with van der Waals surface area (Å²) >= 11 is 1.29. The molecule has 146 valence electrons. The van der Waals surface area contributed by atoms with Gasteiger partial charge in [-0.1, -0.05) is 12.1 Å². The Morgan fingerprint density at radius 3 is 3.11 bits per heavy atom. The molecule has 0 radical (unpaired) electrons. The number of nitrogens with zero attached hydrogens (tertiary/aromatic N) is 2. The van der Waals surface area contributed by atoms with Gasteiger partial charge in [0, 0.05) is 18.5 Å². The molecule has 5 rings (SSSR count). The minimum atomic E-state index is -0.331. The summed E-state index contributed by atoms with van der Waals surface area (Å²) in [6.07, 6.45) is 6.99. The zero-order valence-electron chi connectivity index (χ0n) is 15.9. The van der Waals surface area contributed by atoms with Gasteiger partial charge < -0.3 is 19.1 Å². The number of benzene rings is 1. The van der Waals surface area contributed by atoms with Gasteiger partial charge in [0.05, 0.1) is 24.2 Å². The number of esters is 1. The first-order valence-corrected chi connectivity index (χ1v) is 10.3. The molecule has 2 aliphatic heterocycles. The standard InChI is InChI=1S/C21H22N2O4S/c1-23-8-7-21-6-5-14(26-20(24)16-10-22-12-28-16)9-17(21)27-19-15(25-2)4-3-13(11-23)18(19)21/h3-6,10,12,14,17H,7-9,11H2,1-2H3/t14-,17?,21-/m0/s1. The topological polar surface area (TPSA) is 60.9 Å². The molecule has 6 nitrogen and oxygen atoms in total. The summed E-state index contributed by atoms with van der Waals surface area (Å²) in [5.41, 5.74) is 3.96. The first kappa shape index (κ1) is 17.7. The summed E-state index contributed by atoms with van der Waals surface area (Å²) in [6.45, 7) is 1.87. The molecule has 1 unspecified atom stereocenters. The Hall–Kier alpha value is -2.38. The molecule has 0 amide bonds. The van der Waals surface area contributed by atoms with Crippen LogP contribution >= 0.6 is 11.3 Å². The fraction of sp³-hybridized carbons (Fsp3) is 0.429. The Labute approximate surface area is 167 Å². The largest absolute Gasteiger partial charge is 0.493 e. The average Bonchev–Trinajstić information content (AvgIpc) is 3.30. The Balaban J connectivity index is 1.50. The van der Waals surface area contributed by atoms with Crippen LogP contribution in [-0.4, -0.2) is 48.8 Å². The number of thiazole rings is 1. The third kappa shape index (κ3) is 2.64. The van der Waals surface area contributed by atoms with Crippen LogP contribution in [0.1, 0.15) is 33.6 Å². The molecular formula is C21H22N2O4S. The van der Waals surface area contributed by atoms with Gasteiger partial charge in [-0.05, 0) is 37.7 Å². The second-order valence-corrected chi connectivity index (χ2v) is 8.56. The Bertz CT molecular complexity index is 942. The lowest BCUT2D eigenvalue weighted by Crippen LogP contribution is -2.43. The number of ether oxygens (including phenoxy) is 3. The van der Waals surface area contributed by atoms with Gasteiger partial charge in [0.2, 0.25) is 0 Å². The van der Waals surface area contributed by atoms with Crippen molar-refractivity contribution in [1.82, 2.24) is 9.88 Å². The first-order valence-electron chi connectivity index (χ1n) is 9.45. The van der Waals surface area contributed by atoms with Crippen molar-refractivity contribution in [3.8, 4) is 11.5 Å². The van der Waals surface area contributed by atoms with Crippen molar-refractivity contribution in [1.29, 1.82) is 0 Å². The van der Waals surface area contributed by atoms with Crippen LogP contribution in [0.25, 0.3) is 0 Å². The molecule has 1 spiro atoms. The predicted molar refractivity (Wildman–Crippen MR) is 105 cm³/mol. The van der Waals surface area contributed by atoms with Gasteiger partial charge in [-0.25, -0.2) is 4.79 Å². The lowest BCUT2D eigenvalue weighted by molar-refractivity contribution is 0.0222. The zero-order chi connectivity index (χ0) is 19.3. The van der Waals surface area contributed by atoms with Crippen LogP contribution in [-0.2, 0) is 16.7 Å². The Morgan fingerprint density at radius 1 is 1.43 bits per heavy atom. The number of aromatic nitrogens is 1. The predicted octanol–water partition coefficient (Wildman–Crippen LogP) is 3.17. The molecule has 2 aromatic rings. The molecule has 0 N–H and O–H groups in total. The number of carbonyl (C=O) groups is 1. The maximum absolute atomic E-state index is 12.3. The van der Waals surface area contributed by atoms with E-state index in [1.165, 1.54) is 22.5 Å². The van der Waals surface area contributed by atoms with Gasteiger partial charge in [0.25, 0.3) is 0 Å². The van der Waals surface area contributed by atoms with E-state index < -0.39 is 0 Å². The third-order valence-electron chi connectivity index (χ3n) is 6.02. The van der Waals surface area contributed by atoms with Crippen molar-refractivity contribution in [3.63, 3.8) is 0 Å². The van der Waals surface area contributed by atoms with E-state index in [0.717, 1.165) is 31.0 Å². The van der Waals surface area contributed by atoms with Crippen LogP contribution in [0.2, 0.25) is 0 Å². The number of carbonyl (C=O) groups excluding carboxylic acids is 1. The molecule has 3 aliphatic rings. The molecule has 0 bridgehead atoms. The van der Waals surface area contributed by atoms with Crippen molar-refractivity contribution in [2.45, 2.75) is 37.0 Å². The summed E-state index contributed by atoms with van der Waals surface area (Å²) in [4.78, 5) is 19.2. The van der Waals surface area contributed by atoms with Gasteiger partial charge in [-0.15, -0.1) is 11.3 Å². The van der Waals surface area contributed by atoms with Crippen LogP contribution in [0.4, 0.5) is 0 Å². The van der Waals surface area contributed by atoms with Crippen LogP contribution in [0.3, 0.4) is 0 Å². The minimum absolute atomic E-state index is 0.0756. The smallest absolute Gasteiger partial charge is 0.350 e. The highest BCUT2D eigenvalue weighted by Gasteiger charge is 2.53. The van der Waals surface area contributed by atoms with E-state index in [1.54, 1.807) is 18.8 Å². The van der Waals surface area contributed by atoms with Crippen LogP contribution in [0, 0.1) is 0 Å². The molecule has 28 heavy (non-hydrogen) atoms. The van der Waals surface area contributed by atoms with Gasteiger partial charge >= 0.3 is 5.97 Å². The summed E-state index contributed by atoms with van der Waals surface area (Å²) in [6, 6.07) is 4.14. The molecule has 3 heterocycles. The van der Waals surface area contributed by atoms with Gasteiger partial charge in [-0.2, -0.15) is 0 Å². The van der Waals surface area contributed by atoms with E-state index in [4.69, 9.17) is 14.2 Å². The van der Waals surface area contributed by atoms with Gasteiger partial charge in [0.1, 0.15) is 17.1 Å². The molecule has 0 fully saturated rings. The number of hydrogen-bond donors (Lipinski definition) is 0. The fourth-order valence-corrected chi connectivity index (χ4v) is 5.17. The van der Waals surface area contributed by atoms with Crippen LogP contribution < -0.4 is 9.47 Å². The highest BCUT2D eigenvalue weighted by atomic mass is 32.1. The van der Waals surface area contributed by atoms with E-state index in [-0.39, 0.29) is 23.6 Å². The summed E-state index contributed by atoms with van der Waals surface area (Å²) in [5.74, 6) is 1.28. The second kappa shape index (κ2) is 6.60. The van der Waals surface area contributed by atoms with E-state index in [0.29, 0.717) is 11.3 Å². The molecule has 1 aromatic carbocycles. The molecule has 1 aromatic heterocycles. The monoisotopic (exact) mass is 398 g/mol. The number of rotatable bonds is 3. The quantitative estimate of drug-likeness (QED) is 0.585. The molecule has 3 atom stereocenters. The zero-order valence-corrected chi connectivity index (χ0v) is 16.7. The molecule has 7 heteroatoms. The summed E-state index contributed by atoms with van der Waals surface area (Å²) in [5, 5.41) is 0. The maximum Gasteiger partial charge on any atom is 0.350 e. The SMILES string of the molecule is COc1ccc2c3c1OC1C[C@@H](OC(=O)c4cncs4)C=C[C@@]31CCN(C)C2. The second-order valence-electron chi connectivity index (χ2n) is 7.67. The number of hydrogen-bond acceptors (Lipinski definition) is 7. The van der Waals surface area contributed by atoms with Gasteiger partial charge in [0.15, 0.2) is 11.5 Å². The van der Waals surface area contributed by atoms with E-state index in [9.17, 15) is 4.79 Å². The molecule has 0 saturated carbocycles. The third-order valence-corrected chi connectivity index (χ3v) is 6.78. The van der Waals surface area contributed by atoms with Crippen molar-refractivity contribution >= 4 is 17.3 Å². The summed E-state index contributed by atoms with van der Waals surface area (Å²) in [7, 11) is 3.82.